The number of carbonyl (C=O) groups is 4. The number of likely N-dealkylation sites (tertiary alicyclic amines) is 1. The maximum Gasteiger partial charge on any atom is 0.308 e. The molecule has 0 saturated carbocycles. The van der Waals surface area contributed by atoms with Crippen LogP contribution in [0.2, 0.25) is 0 Å². The van der Waals surface area contributed by atoms with E-state index in [0.29, 0.717) is 17.8 Å². The van der Waals surface area contributed by atoms with E-state index in [4.69, 9.17) is 4.74 Å². The van der Waals surface area contributed by atoms with Crippen LogP contribution in [0.4, 0.5) is 0 Å². The molecule has 1 aliphatic rings. The second-order valence-corrected chi connectivity index (χ2v) is 15.6. The van der Waals surface area contributed by atoms with Gasteiger partial charge in [0, 0.05) is 43.3 Å². The van der Waals surface area contributed by atoms with Crippen LogP contribution in [0.3, 0.4) is 0 Å². The molecule has 2 amide bonds. The van der Waals surface area contributed by atoms with Gasteiger partial charge in [-0.25, -0.2) is 4.98 Å². The third-order valence-electron chi connectivity index (χ3n) is 10.5. The number of aromatic nitrogens is 1. The maximum atomic E-state index is 14.1. The highest BCUT2D eigenvalue weighted by Gasteiger charge is 2.37. The van der Waals surface area contributed by atoms with Gasteiger partial charge in [0.1, 0.15) is 16.8 Å². The number of nitrogens with zero attached hydrogens (tertiary/aromatic N) is 3. The fourth-order valence-electron chi connectivity index (χ4n) is 7.01. The van der Waals surface area contributed by atoms with Gasteiger partial charge in [0.25, 0.3) is 5.91 Å². The van der Waals surface area contributed by atoms with Gasteiger partial charge in [-0.1, -0.05) is 77.3 Å². The number of piperidine rings is 1. The van der Waals surface area contributed by atoms with Crippen LogP contribution in [-0.2, 0) is 25.5 Å². The van der Waals surface area contributed by atoms with E-state index in [9.17, 15) is 24.3 Å². The Hall–Kier alpha value is -3.15. The molecule has 2 aromatic rings. The fourth-order valence-corrected chi connectivity index (χ4v) is 7.81. The number of methoxy groups -OCH3 is 1. The van der Waals surface area contributed by atoms with Crippen molar-refractivity contribution in [2.75, 3.05) is 27.7 Å². The molecule has 1 aromatic carbocycles. The number of benzene rings is 1. The number of nitrogens with one attached hydrogen (secondary N) is 1. The Morgan fingerprint density at radius 1 is 1.10 bits per heavy atom. The number of aliphatic hydroxyl groups excluding tert-OH is 1. The van der Waals surface area contributed by atoms with Crippen LogP contribution in [-0.4, -0.2) is 89.3 Å². The van der Waals surface area contributed by atoms with Crippen molar-refractivity contribution in [1.29, 1.82) is 0 Å². The van der Waals surface area contributed by atoms with Crippen molar-refractivity contribution in [2.45, 2.75) is 117 Å². The summed E-state index contributed by atoms with van der Waals surface area (Å²) in [7, 11) is 5.12. The molecule has 1 fully saturated rings. The summed E-state index contributed by atoms with van der Waals surface area (Å²) in [6.45, 7) is 12.8. The number of esters is 1. The largest absolute Gasteiger partial charge is 0.469 e. The first-order chi connectivity index (χ1) is 23.7. The SMILES string of the molecule is CCC(C)[C@H](CC(=O)C1CCCCN1C)C(=O)N(C)C(C[C@@H](O)c1nc(C(=O)N[C@@H](Cc2ccc(C)cc2)C[C@H](C)C(=O)OC)cs1)C(C)C. The Balaban J connectivity index is 1.72. The predicted octanol–water partition coefficient (Wildman–Crippen LogP) is 6.00. The summed E-state index contributed by atoms with van der Waals surface area (Å²) in [6, 6.07) is 7.27. The van der Waals surface area contributed by atoms with Crippen LogP contribution in [0.15, 0.2) is 29.6 Å². The van der Waals surface area contributed by atoms with E-state index in [0.717, 1.165) is 43.4 Å². The van der Waals surface area contributed by atoms with Gasteiger partial charge in [0.05, 0.1) is 19.1 Å². The quantitative estimate of drug-likeness (QED) is 0.180. The highest BCUT2D eigenvalue weighted by atomic mass is 32.1. The number of hydrogen-bond donors (Lipinski definition) is 2. The molecule has 0 aliphatic carbocycles. The molecule has 278 valence electrons. The molecule has 1 aromatic heterocycles. The molecule has 10 nitrogen and oxygen atoms in total. The molecule has 2 heterocycles. The Labute approximate surface area is 303 Å². The summed E-state index contributed by atoms with van der Waals surface area (Å²) in [6.07, 6.45) is 4.12. The van der Waals surface area contributed by atoms with Gasteiger partial charge >= 0.3 is 5.97 Å². The number of rotatable bonds is 18. The molecule has 0 spiro atoms. The molecule has 50 heavy (non-hydrogen) atoms. The zero-order valence-corrected chi connectivity index (χ0v) is 32.4. The number of aryl methyl sites for hydroxylation is 1. The van der Waals surface area contributed by atoms with E-state index in [1.807, 2.05) is 65.9 Å². The third kappa shape index (κ3) is 11.4. The van der Waals surface area contributed by atoms with E-state index >= 15 is 0 Å². The normalized spacial score (nSPS) is 18.8. The van der Waals surface area contributed by atoms with E-state index in [1.165, 1.54) is 18.4 Å². The first-order valence-corrected chi connectivity index (χ1v) is 19.1. The van der Waals surface area contributed by atoms with Crippen molar-refractivity contribution in [1.82, 2.24) is 20.1 Å². The van der Waals surface area contributed by atoms with Crippen LogP contribution in [0.1, 0.15) is 112 Å². The summed E-state index contributed by atoms with van der Waals surface area (Å²) in [5, 5.41) is 16.5. The van der Waals surface area contributed by atoms with E-state index < -0.39 is 17.9 Å². The van der Waals surface area contributed by atoms with Gasteiger partial charge in [-0.3, -0.25) is 24.1 Å². The minimum atomic E-state index is -0.994. The summed E-state index contributed by atoms with van der Waals surface area (Å²) in [5.41, 5.74) is 2.36. The zero-order valence-electron chi connectivity index (χ0n) is 31.6. The lowest BCUT2D eigenvalue weighted by atomic mass is 9.83. The molecule has 0 bridgehead atoms. The molecular weight excluding hydrogens is 653 g/mol. The molecule has 1 saturated heterocycles. The monoisotopic (exact) mass is 712 g/mol. The zero-order chi connectivity index (χ0) is 37.1. The number of Topliss-reactive ketones (excluding diaryl/α,β-unsaturated/α-hetero) is 1. The van der Waals surface area contributed by atoms with Crippen LogP contribution >= 0.6 is 11.3 Å². The van der Waals surface area contributed by atoms with Crippen molar-refractivity contribution in [3.63, 3.8) is 0 Å². The number of thiazole rings is 1. The van der Waals surface area contributed by atoms with Gasteiger partial charge in [-0.2, -0.15) is 0 Å². The average molecular weight is 713 g/mol. The number of ketones is 1. The van der Waals surface area contributed by atoms with Crippen molar-refractivity contribution >= 4 is 34.9 Å². The van der Waals surface area contributed by atoms with Crippen molar-refractivity contribution in [3.05, 3.63) is 51.5 Å². The van der Waals surface area contributed by atoms with Gasteiger partial charge in [0.15, 0.2) is 5.78 Å². The Kier molecular flexibility index (Phi) is 16.1. The Bertz CT molecular complexity index is 1410. The van der Waals surface area contributed by atoms with E-state index in [2.05, 4.69) is 15.2 Å². The van der Waals surface area contributed by atoms with Crippen LogP contribution in [0.5, 0.6) is 0 Å². The van der Waals surface area contributed by atoms with E-state index in [1.54, 1.807) is 24.3 Å². The first kappa shape index (κ1) is 41.3. The molecule has 0 radical (unpaired) electrons. The molecule has 3 unspecified atom stereocenters. The fraction of sp³-hybridized carbons (Fsp3) is 0.667. The lowest BCUT2D eigenvalue weighted by Gasteiger charge is -2.37. The second-order valence-electron chi connectivity index (χ2n) is 14.8. The average Bonchev–Trinajstić information content (AvgIpc) is 3.60. The van der Waals surface area contributed by atoms with Gasteiger partial charge in [-0.05, 0) is 63.6 Å². The summed E-state index contributed by atoms with van der Waals surface area (Å²) >= 11 is 1.21. The number of ether oxygens (including phenoxy) is 1. The smallest absolute Gasteiger partial charge is 0.308 e. The van der Waals surface area contributed by atoms with E-state index in [-0.39, 0.29) is 72.1 Å². The van der Waals surface area contributed by atoms with Crippen molar-refractivity contribution in [2.24, 2.45) is 23.7 Å². The number of carbonyl (C=O) groups excluding carboxylic acids is 4. The maximum absolute atomic E-state index is 14.1. The third-order valence-corrected chi connectivity index (χ3v) is 11.5. The number of aliphatic hydroxyl groups is 1. The van der Waals surface area contributed by atoms with Crippen LogP contribution in [0.25, 0.3) is 0 Å². The topological polar surface area (TPSA) is 129 Å². The number of hydrogen-bond acceptors (Lipinski definition) is 9. The van der Waals surface area contributed by atoms with Gasteiger partial charge in [-0.15, -0.1) is 11.3 Å². The molecule has 1 aliphatic heterocycles. The summed E-state index contributed by atoms with van der Waals surface area (Å²) in [4.78, 5) is 61.5. The van der Waals surface area contributed by atoms with Crippen LogP contribution in [0, 0.1) is 30.6 Å². The predicted molar refractivity (Wildman–Crippen MR) is 198 cm³/mol. The standard InChI is InChI=1S/C39H60N4O6S/c1-10-26(5)30(21-34(44)32-13-11-12-18-42(32)7)38(47)43(8)33(24(2)3)22-35(45)37-41-31(23-50-37)36(46)40-29(19-27(6)39(48)49-9)20-28-16-14-25(4)15-17-28/h14-17,23-24,26-27,29-30,32-33,35,45H,10-13,18-22H2,1-9H3,(H,40,46)/t26?,27-,29+,30-,32?,33?,35+/m0/s1. The van der Waals surface area contributed by atoms with Crippen LogP contribution < -0.4 is 5.32 Å². The molecule has 2 N–H and O–H groups in total. The Morgan fingerprint density at radius 2 is 1.78 bits per heavy atom. The lowest BCUT2D eigenvalue weighted by Crippen LogP contribution is -2.48. The highest BCUT2D eigenvalue weighted by molar-refractivity contribution is 7.09. The second kappa shape index (κ2) is 19.5. The minimum Gasteiger partial charge on any atom is -0.469 e. The molecular formula is C39H60N4O6S. The van der Waals surface area contributed by atoms with Crippen molar-refractivity contribution in [3.8, 4) is 0 Å². The first-order valence-electron chi connectivity index (χ1n) is 18.2. The molecule has 11 heteroatoms. The molecule has 7 atom stereocenters. The van der Waals surface area contributed by atoms with Gasteiger partial charge < -0.3 is 20.1 Å². The van der Waals surface area contributed by atoms with Crippen molar-refractivity contribution < 1.29 is 29.0 Å². The lowest BCUT2D eigenvalue weighted by molar-refractivity contribution is -0.145. The summed E-state index contributed by atoms with van der Waals surface area (Å²) in [5.74, 6) is -1.45. The van der Waals surface area contributed by atoms with Gasteiger partial charge in [0.2, 0.25) is 5.91 Å². The minimum absolute atomic E-state index is 0.0263. The Morgan fingerprint density at radius 3 is 2.38 bits per heavy atom. The summed E-state index contributed by atoms with van der Waals surface area (Å²) < 4.78 is 4.92. The molecule has 3 rings (SSSR count). The highest BCUT2D eigenvalue weighted by Crippen LogP contribution is 2.31. The number of amides is 2. The number of likely N-dealkylation sites (N-methyl/N-ethyl adjacent to an activating group) is 1.